The standard InChI is InChI=1S/C23H29N3O8/c1-34-22(32)14-8-5-9-15(10-14)25-23(33)24-12-18(27)26-17(21(30)31)11-16(20(28)29)19(26)13-6-3-2-4-7-13/h5,8-10,13,16-17,19H,2-4,6-7,11-12H2,1H3,(H,28,29)(H,30,31)(H2,24,25,33). The number of carboxylic acid groups (broad SMARTS) is 2. The molecule has 2 fully saturated rings. The molecule has 1 aromatic rings. The first-order valence-electron chi connectivity index (χ1n) is 11.2. The molecule has 3 unspecified atom stereocenters. The number of nitrogens with zero attached hydrogens (tertiary/aromatic N) is 1. The Morgan fingerprint density at radius 1 is 1.06 bits per heavy atom. The molecule has 34 heavy (non-hydrogen) atoms. The average Bonchev–Trinajstić information content (AvgIpc) is 3.24. The lowest BCUT2D eigenvalue weighted by atomic mass is 9.79. The first kappa shape index (κ1) is 25.0. The molecule has 3 rings (SSSR count). The number of amides is 3. The van der Waals surface area contributed by atoms with Crippen LogP contribution in [0.4, 0.5) is 10.5 Å². The Hall–Kier alpha value is -3.63. The van der Waals surface area contributed by atoms with Crippen molar-refractivity contribution < 1.29 is 38.9 Å². The summed E-state index contributed by atoms with van der Waals surface area (Å²) in [6.45, 7) is -0.498. The molecule has 0 spiro atoms. The van der Waals surface area contributed by atoms with Crippen molar-refractivity contribution in [1.82, 2.24) is 10.2 Å². The molecule has 1 aromatic carbocycles. The number of rotatable bonds is 7. The zero-order valence-electron chi connectivity index (χ0n) is 18.9. The highest BCUT2D eigenvalue weighted by atomic mass is 16.5. The Balaban J connectivity index is 1.70. The van der Waals surface area contributed by atoms with Crippen LogP contribution in [-0.2, 0) is 19.1 Å². The summed E-state index contributed by atoms with van der Waals surface area (Å²) in [5.74, 6) is -4.67. The van der Waals surface area contributed by atoms with Gasteiger partial charge >= 0.3 is 23.9 Å². The van der Waals surface area contributed by atoms with Gasteiger partial charge < -0.3 is 30.5 Å². The number of hydrogen-bond acceptors (Lipinski definition) is 6. The maximum Gasteiger partial charge on any atom is 0.337 e. The van der Waals surface area contributed by atoms with Crippen molar-refractivity contribution in [3.05, 3.63) is 29.8 Å². The van der Waals surface area contributed by atoms with Crippen LogP contribution in [0.5, 0.6) is 0 Å². The van der Waals surface area contributed by atoms with Crippen LogP contribution >= 0.6 is 0 Å². The minimum absolute atomic E-state index is 0.0990. The molecule has 1 aliphatic heterocycles. The van der Waals surface area contributed by atoms with Crippen molar-refractivity contribution in [3.8, 4) is 0 Å². The summed E-state index contributed by atoms with van der Waals surface area (Å²) in [6, 6.07) is 3.30. The van der Waals surface area contributed by atoms with E-state index in [2.05, 4.69) is 15.4 Å². The Labute approximate surface area is 196 Å². The summed E-state index contributed by atoms with van der Waals surface area (Å²) in [5, 5.41) is 24.3. The van der Waals surface area contributed by atoms with E-state index in [-0.39, 0.29) is 17.9 Å². The molecule has 1 heterocycles. The molecule has 11 nitrogen and oxygen atoms in total. The topological polar surface area (TPSA) is 162 Å². The second-order valence-corrected chi connectivity index (χ2v) is 8.60. The minimum Gasteiger partial charge on any atom is -0.481 e. The van der Waals surface area contributed by atoms with Crippen LogP contribution in [0.3, 0.4) is 0 Å². The highest BCUT2D eigenvalue weighted by Crippen LogP contribution is 2.40. The Kier molecular flexibility index (Phi) is 8.08. The van der Waals surface area contributed by atoms with E-state index in [4.69, 9.17) is 0 Å². The quantitative estimate of drug-likeness (QED) is 0.435. The summed E-state index contributed by atoms with van der Waals surface area (Å²) < 4.78 is 4.64. The molecule has 184 valence electrons. The predicted octanol–water partition coefficient (Wildman–Crippen LogP) is 1.93. The third-order valence-corrected chi connectivity index (χ3v) is 6.51. The van der Waals surface area contributed by atoms with Crippen molar-refractivity contribution in [2.24, 2.45) is 11.8 Å². The van der Waals surface area contributed by atoms with Gasteiger partial charge in [0.2, 0.25) is 5.91 Å². The van der Waals surface area contributed by atoms with Gasteiger partial charge in [-0.15, -0.1) is 0 Å². The monoisotopic (exact) mass is 475 g/mol. The molecule has 0 bridgehead atoms. The summed E-state index contributed by atoms with van der Waals surface area (Å²) in [6.07, 6.45) is 4.13. The molecule has 0 aromatic heterocycles. The van der Waals surface area contributed by atoms with Crippen molar-refractivity contribution in [2.45, 2.75) is 50.6 Å². The Morgan fingerprint density at radius 3 is 2.38 bits per heavy atom. The number of carbonyl (C=O) groups is 5. The van der Waals surface area contributed by atoms with Crippen LogP contribution in [-0.4, -0.2) is 70.7 Å². The van der Waals surface area contributed by atoms with E-state index in [9.17, 15) is 34.2 Å². The van der Waals surface area contributed by atoms with Gasteiger partial charge in [0.15, 0.2) is 0 Å². The third-order valence-electron chi connectivity index (χ3n) is 6.51. The van der Waals surface area contributed by atoms with Gasteiger partial charge in [-0.3, -0.25) is 9.59 Å². The van der Waals surface area contributed by atoms with E-state index in [1.165, 1.54) is 19.2 Å². The van der Waals surface area contributed by atoms with E-state index >= 15 is 0 Å². The Bertz CT molecular complexity index is 959. The second kappa shape index (κ2) is 11.0. The van der Waals surface area contributed by atoms with Crippen LogP contribution < -0.4 is 10.6 Å². The number of benzene rings is 1. The van der Waals surface area contributed by atoms with Gasteiger partial charge in [-0.25, -0.2) is 14.4 Å². The third kappa shape index (κ3) is 5.64. The number of nitrogens with one attached hydrogen (secondary N) is 2. The number of likely N-dealkylation sites (tertiary alicyclic amines) is 1. The van der Waals surface area contributed by atoms with E-state index < -0.39 is 54.4 Å². The predicted molar refractivity (Wildman–Crippen MR) is 119 cm³/mol. The van der Waals surface area contributed by atoms with Gasteiger partial charge in [0.1, 0.15) is 6.04 Å². The molecule has 1 saturated carbocycles. The molecular formula is C23H29N3O8. The highest BCUT2D eigenvalue weighted by Gasteiger charge is 2.52. The second-order valence-electron chi connectivity index (χ2n) is 8.60. The summed E-state index contributed by atoms with van der Waals surface area (Å²) >= 11 is 0. The molecule has 11 heteroatoms. The highest BCUT2D eigenvalue weighted by molar-refractivity contribution is 5.96. The average molecular weight is 475 g/mol. The van der Waals surface area contributed by atoms with Crippen LogP contribution in [0, 0.1) is 11.8 Å². The summed E-state index contributed by atoms with van der Waals surface area (Å²) in [7, 11) is 1.24. The molecule has 1 aliphatic carbocycles. The molecule has 3 atom stereocenters. The summed E-state index contributed by atoms with van der Waals surface area (Å²) in [5.41, 5.74) is 0.524. The molecule has 3 amide bonds. The lowest BCUT2D eigenvalue weighted by Crippen LogP contribution is -2.52. The molecule has 1 saturated heterocycles. The van der Waals surface area contributed by atoms with Crippen molar-refractivity contribution >= 4 is 35.5 Å². The number of hydrogen-bond donors (Lipinski definition) is 4. The molecule has 4 N–H and O–H groups in total. The van der Waals surface area contributed by atoms with Crippen LogP contribution in [0.15, 0.2) is 24.3 Å². The largest absolute Gasteiger partial charge is 0.481 e. The van der Waals surface area contributed by atoms with Crippen LogP contribution in [0.2, 0.25) is 0 Å². The zero-order valence-corrected chi connectivity index (χ0v) is 18.9. The van der Waals surface area contributed by atoms with Gasteiger partial charge in [0.25, 0.3) is 0 Å². The molecular weight excluding hydrogens is 446 g/mol. The minimum atomic E-state index is -1.26. The van der Waals surface area contributed by atoms with Gasteiger partial charge in [-0.1, -0.05) is 25.3 Å². The lowest BCUT2D eigenvalue weighted by molar-refractivity contribution is -0.151. The number of esters is 1. The molecule has 2 aliphatic rings. The van der Waals surface area contributed by atoms with E-state index in [0.717, 1.165) is 37.0 Å². The Morgan fingerprint density at radius 2 is 1.76 bits per heavy atom. The number of anilines is 1. The number of urea groups is 1. The number of carboxylic acids is 2. The number of carbonyl (C=O) groups excluding carboxylic acids is 3. The fraction of sp³-hybridized carbons (Fsp3) is 0.522. The number of aliphatic carboxylic acids is 2. The SMILES string of the molecule is COC(=O)c1cccc(NC(=O)NCC(=O)N2C(C(=O)O)CC(C(=O)O)C2C2CCCCC2)c1. The summed E-state index contributed by atoms with van der Waals surface area (Å²) in [4.78, 5) is 62.0. The van der Waals surface area contributed by atoms with E-state index in [0.29, 0.717) is 5.69 Å². The van der Waals surface area contributed by atoms with Gasteiger partial charge in [-0.05, 0) is 43.4 Å². The van der Waals surface area contributed by atoms with Crippen molar-refractivity contribution in [3.63, 3.8) is 0 Å². The lowest BCUT2D eigenvalue weighted by Gasteiger charge is -2.37. The number of methoxy groups -OCH3 is 1. The maximum atomic E-state index is 13.1. The van der Waals surface area contributed by atoms with Crippen molar-refractivity contribution in [2.75, 3.05) is 19.0 Å². The fourth-order valence-corrected chi connectivity index (χ4v) is 5.00. The van der Waals surface area contributed by atoms with Crippen molar-refractivity contribution in [1.29, 1.82) is 0 Å². The number of ether oxygens (including phenoxy) is 1. The molecule has 0 radical (unpaired) electrons. The van der Waals surface area contributed by atoms with Gasteiger partial charge in [-0.2, -0.15) is 0 Å². The van der Waals surface area contributed by atoms with Gasteiger partial charge in [0.05, 0.1) is 25.1 Å². The van der Waals surface area contributed by atoms with E-state index in [1.807, 2.05) is 0 Å². The zero-order chi connectivity index (χ0) is 24.8. The fourth-order valence-electron chi connectivity index (χ4n) is 5.00. The van der Waals surface area contributed by atoms with E-state index in [1.54, 1.807) is 12.1 Å². The van der Waals surface area contributed by atoms with Crippen LogP contribution in [0.1, 0.15) is 48.9 Å². The van der Waals surface area contributed by atoms with Gasteiger partial charge in [0, 0.05) is 11.7 Å². The normalized spacial score (nSPS) is 22.6. The maximum absolute atomic E-state index is 13.1. The first-order valence-corrected chi connectivity index (χ1v) is 11.2. The van der Waals surface area contributed by atoms with Crippen LogP contribution in [0.25, 0.3) is 0 Å². The smallest absolute Gasteiger partial charge is 0.337 e. The first-order chi connectivity index (χ1) is 16.2.